The maximum atomic E-state index is 12.2. The number of hydrogen-bond donors (Lipinski definition) is 1. The number of aromatic nitrogens is 3. The molecule has 0 unspecified atom stereocenters. The van der Waals surface area contributed by atoms with Crippen LogP contribution < -0.4 is 10.5 Å². The Morgan fingerprint density at radius 1 is 1.32 bits per heavy atom. The number of rotatable bonds is 3. The molecule has 0 aliphatic heterocycles. The highest BCUT2D eigenvalue weighted by Crippen LogP contribution is 2.36. The van der Waals surface area contributed by atoms with Gasteiger partial charge in [0.1, 0.15) is 11.3 Å². The van der Waals surface area contributed by atoms with Gasteiger partial charge in [0.25, 0.3) is 0 Å². The van der Waals surface area contributed by atoms with E-state index >= 15 is 0 Å². The monoisotopic (exact) mass is 338 g/mol. The third-order valence-corrected chi connectivity index (χ3v) is 4.46. The molecular formula is C18H18N4O3. The van der Waals surface area contributed by atoms with Gasteiger partial charge in [0.2, 0.25) is 0 Å². The number of nitrogens with zero attached hydrogens (tertiary/aromatic N) is 3. The second-order valence-electron chi connectivity index (χ2n) is 5.87. The van der Waals surface area contributed by atoms with Crippen LogP contribution in [0.25, 0.3) is 16.9 Å². The maximum Gasteiger partial charge on any atom is 0.345 e. The molecule has 0 atom stereocenters. The number of esters is 1. The Balaban J connectivity index is 1.97. The van der Waals surface area contributed by atoms with Crippen molar-refractivity contribution in [2.24, 2.45) is 0 Å². The molecule has 25 heavy (non-hydrogen) atoms. The number of nitrogen functional groups attached to an aromatic ring is 1. The number of carbonyl (C=O) groups is 1. The van der Waals surface area contributed by atoms with E-state index in [1.165, 1.54) is 5.56 Å². The molecule has 0 saturated heterocycles. The van der Waals surface area contributed by atoms with E-state index in [0.29, 0.717) is 5.65 Å². The first kappa shape index (κ1) is 15.4. The number of aryl methyl sites for hydroxylation is 2. The van der Waals surface area contributed by atoms with Gasteiger partial charge in [0, 0.05) is 11.8 Å². The summed E-state index contributed by atoms with van der Waals surface area (Å²) in [4.78, 5) is 16.6. The van der Waals surface area contributed by atoms with Gasteiger partial charge in [-0.25, -0.2) is 14.3 Å². The number of carbonyl (C=O) groups excluding carboxylic acids is 1. The van der Waals surface area contributed by atoms with Crippen LogP contribution in [-0.2, 0) is 17.6 Å². The summed E-state index contributed by atoms with van der Waals surface area (Å²) >= 11 is 0. The Bertz CT molecular complexity index is 994. The summed E-state index contributed by atoms with van der Waals surface area (Å²) in [6.45, 7) is 2.02. The van der Waals surface area contributed by atoms with E-state index in [2.05, 4.69) is 10.1 Å². The van der Waals surface area contributed by atoms with Gasteiger partial charge < -0.3 is 15.2 Å². The Morgan fingerprint density at radius 3 is 2.88 bits per heavy atom. The van der Waals surface area contributed by atoms with E-state index in [1.807, 2.05) is 18.2 Å². The number of fused-ring (bicyclic) bond motifs is 5. The van der Waals surface area contributed by atoms with Crippen molar-refractivity contribution in [1.29, 1.82) is 0 Å². The SMILES string of the molecule is CCOC(=O)c1c(N)nn2c3c(cnc12)CCc1cc(OC)ccc1-3. The average molecular weight is 338 g/mol. The van der Waals surface area contributed by atoms with E-state index in [1.54, 1.807) is 24.7 Å². The van der Waals surface area contributed by atoms with E-state index < -0.39 is 5.97 Å². The van der Waals surface area contributed by atoms with Crippen molar-refractivity contribution in [3.8, 4) is 17.0 Å². The predicted octanol–water partition coefficient (Wildman–Crippen LogP) is 2.26. The highest BCUT2D eigenvalue weighted by atomic mass is 16.5. The van der Waals surface area contributed by atoms with Crippen molar-refractivity contribution < 1.29 is 14.3 Å². The van der Waals surface area contributed by atoms with Crippen molar-refractivity contribution >= 4 is 17.4 Å². The van der Waals surface area contributed by atoms with Gasteiger partial charge in [-0.05, 0) is 49.1 Å². The van der Waals surface area contributed by atoms with Crippen molar-refractivity contribution in [1.82, 2.24) is 14.6 Å². The molecule has 0 saturated carbocycles. The molecule has 1 aliphatic carbocycles. The number of ether oxygens (including phenoxy) is 2. The van der Waals surface area contributed by atoms with Gasteiger partial charge in [0.05, 0.1) is 19.4 Å². The second kappa shape index (κ2) is 5.77. The summed E-state index contributed by atoms with van der Waals surface area (Å²) in [5.41, 5.74) is 10.8. The van der Waals surface area contributed by atoms with Crippen molar-refractivity contribution in [3.05, 3.63) is 41.1 Å². The molecule has 0 fully saturated rings. The highest BCUT2D eigenvalue weighted by molar-refractivity contribution is 6.01. The van der Waals surface area contributed by atoms with E-state index in [-0.39, 0.29) is 18.0 Å². The van der Waals surface area contributed by atoms with Gasteiger partial charge in [-0.1, -0.05) is 0 Å². The Labute approximate surface area is 144 Å². The van der Waals surface area contributed by atoms with Crippen LogP contribution in [0.15, 0.2) is 24.4 Å². The first-order valence-electron chi connectivity index (χ1n) is 8.14. The second-order valence-corrected chi connectivity index (χ2v) is 5.87. The van der Waals surface area contributed by atoms with Crippen LogP contribution in [0.2, 0.25) is 0 Å². The predicted molar refractivity (Wildman–Crippen MR) is 92.8 cm³/mol. The molecule has 2 aromatic heterocycles. The smallest absolute Gasteiger partial charge is 0.345 e. The maximum absolute atomic E-state index is 12.2. The summed E-state index contributed by atoms with van der Waals surface area (Å²) in [6.07, 6.45) is 3.53. The topological polar surface area (TPSA) is 91.7 Å². The quantitative estimate of drug-likeness (QED) is 0.737. The molecule has 2 N–H and O–H groups in total. The van der Waals surface area contributed by atoms with Gasteiger partial charge in [-0.3, -0.25) is 0 Å². The average Bonchev–Trinajstić information content (AvgIpc) is 2.96. The van der Waals surface area contributed by atoms with Gasteiger partial charge in [-0.15, -0.1) is 5.10 Å². The Hall–Kier alpha value is -3.09. The zero-order valence-corrected chi connectivity index (χ0v) is 14.1. The Morgan fingerprint density at radius 2 is 2.12 bits per heavy atom. The van der Waals surface area contributed by atoms with Crippen LogP contribution in [0.1, 0.15) is 28.4 Å². The number of nitrogens with two attached hydrogens (primary N) is 1. The minimum Gasteiger partial charge on any atom is -0.497 e. The highest BCUT2D eigenvalue weighted by Gasteiger charge is 2.26. The van der Waals surface area contributed by atoms with Gasteiger partial charge in [0.15, 0.2) is 11.5 Å². The zero-order chi connectivity index (χ0) is 17.6. The number of anilines is 1. The lowest BCUT2D eigenvalue weighted by atomic mass is 9.89. The molecule has 0 radical (unpaired) electrons. The molecule has 4 rings (SSSR count). The molecule has 0 spiro atoms. The van der Waals surface area contributed by atoms with E-state index in [0.717, 1.165) is 35.4 Å². The summed E-state index contributed by atoms with van der Waals surface area (Å²) < 4.78 is 12.1. The largest absolute Gasteiger partial charge is 0.497 e. The molecule has 2 heterocycles. The number of hydrogen-bond acceptors (Lipinski definition) is 6. The summed E-state index contributed by atoms with van der Waals surface area (Å²) in [7, 11) is 1.65. The summed E-state index contributed by atoms with van der Waals surface area (Å²) in [6, 6.07) is 5.95. The van der Waals surface area contributed by atoms with Crippen LogP contribution in [-0.4, -0.2) is 34.3 Å². The van der Waals surface area contributed by atoms with Crippen LogP contribution in [0, 0.1) is 0 Å². The lowest BCUT2D eigenvalue weighted by Crippen LogP contribution is -2.11. The minimum absolute atomic E-state index is 0.125. The third-order valence-electron chi connectivity index (χ3n) is 4.46. The molecule has 0 amide bonds. The fraction of sp³-hybridized carbons (Fsp3) is 0.278. The van der Waals surface area contributed by atoms with Crippen molar-refractivity contribution in [3.63, 3.8) is 0 Å². The zero-order valence-electron chi connectivity index (χ0n) is 14.1. The van der Waals surface area contributed by atoms with E-state index in [4.69, 9.17) is 15.2 Å². The van der Waals surface area contributed by atoms with E-state index in [9.17, 15) is 4.79 Å². The Kier molecular flexibility index (Phi) is 3.56. The first-order chi connectivity index (χ1) is 12.1. The van der Waals surface area contributed by atoms with Crippen LogP contribution >= 0.6 is 0 Å². The number of benzene rings is 1. The number of methoxy groups -OCH3 is 1. The molecular weight excluding hydrogens is 320 g/mol. The lowest BCUT2D eigenvalue weighted by molar-refractivity contribution is 0.0529. The summed E-state index contributed by atoms with van der Waals surface area (Å²) in [5, 5.41) is 4.37. The van der Waals surface area contributed by atoms with Gasteiger partial charge in [-0.2, -0.15) is 0 Å². The molecule has 1 aliphatic rings. The molecule has 7 nitrogen and oxygen atoms in total. The van der Waals surface area contributed by atoms with Crippen molar-refractivity contribution in [2.45, 2.75) is 19.8 Å². The minimum atomic E-state index is -0.506. The fourth-order valence-corrected chi connectivity index (χ4v) is 3.31. The fourth-order valence-electron chi connectivity index (χ4n) is 3.31. The molecule has 3 aromatic rings. The molecule has 0 bridgehead atoms. The van der Waals surface area contributed by atoms with Gasteiger partial charge >= 0.3 is 5.97 Å². The van der Waals surface area contributed by atoms with Crippen LogP contribution in [0.4, 0.5) is 5.82 Å². The first-order valence-corrected chi connectivity index (χ1v) is 8.14. The summed E-state index contributed by atoms with van der Waals surface area (Å²) in [5.74, 6) is 0.438. The third kappa shape index (κ3) is 2.31. The normalized spacial score (nSPS) is 12.6. The standard InChI is InChI=1S/C18H18N4O3/c1-3-25-18(23)14-16(19)21-22-15-11(9-20-17(14)22)5-4-10-8-12(24-2)6-7-13(10)15/h6-9H,3-5H2,1-2H3,(H2,19,21). The molecule has 128 valence electrons. The molecule has 7 heteroatoms. The lowest BCUT2D eigenvalue weighted by Gasteiger charge is -2.20. The van der Waals surface area contributed by atoms with Crippen LogP contribution in [0.3, 0.4) is 0 Å². The van der Waals surface area contributed by atoms with Crippen molar-refractivity contribution in [2.75, 3.05) is 19.5 Å². The molecule has 1 aromatic carbocycles. The van der Waals surface area contributed by atoms with Crippen LogP contribution in [0.5, 0.6) is 5.75 Å².